The second-order valence-electron chi connectivity index (χ2n) is 6.48. The molecule has 0 amide bonds. The van der Waals surface area contributed by atoms with Gasteiger partial charge in [0.15, 0.2) is 29.5 Å². The van der Waals surface area contributed by atoms with Gasteiger partial charge >= 0.3 is 13.8 Å². The van der Waals surface area contributed by atoms with Crippen LogP contribution < -0.4 is 11.1 Å². The number of aliphatic hydroxyl groups excluding tert-OH is 2. The van der Waals surface area contributed by atoms with E-state index in [-0.39, 0.29) is 5.65 Å². The van der Waals surface area contributed by atoms with Crippen LogP contribution in [0.4, 0.5) is 5.82 Å². The standard InChI is InChI=1S/C14H21N6O9PS/c15-6(13(23)24)1-2-31-5-19-10-7-11(17-3-16-10)20(4-18-7)12-8(21)9(22)14(28-12)29-30(25,26)27/h3-4,6,8-9,12,14,21-22H,1-2,5,15H2,(H,23,24)(H,16,17,19)(H2,25,26,27). The molecule has 1 aliphatic heterocycles. The van der Waals surface area contributed by atoms with Crippen molar-refractivity contribution < 1.29 is 43.7 Å². The number of aromatic nitrogens is 4. The van der Waals surface area contributed by atoms with Crippen LogP contribution in [-0.4, -0.2) is 86.8 Å². The summed E-state index contributed by atoms with van der Waals surface area (Å²) in [4.78, 5) is 40.9. The van der Waals surface area contributed by atoms with Crippen molar-refractivity contribution in [2.45, 2.75) is 37.2 Å². The Balaban J connectivity index is 1.68. The maximum atomic E-state index is 11.0. The number of carbonyl (C=O) groups is 1. The summed E-state index contributed by atoms with van der Waals surface area (Å²) in [7, 11) is -4.97. The second kappa shape index (κ2) is 9.72. The van der Waals surface area contributed by atoms with Crippen LogP contribution in [0.3, 0.4) is 0 Å². The van der Waals surface area contributed by atoms with Gasteiger partial charge in [-0.3, -0.25) is 13.9 Å². The van der Waals surface area contributed by atoms with E-state index in [1.165, 1.54) is 29.0 Å². The number of fused-ring (bicyclic) bond motifs is 1. The van der Waals surface area contributed by atoms with Gasteiger partial charge in [-0.15, -0.1) is 11.8 Å². The van der Waals surface area contributed by atoms with E-state index in [1.807, 2.05) is 0 Å². The molecule has 2 aromatic heterocycles. The molecule has 0 radical (unpaired) electrons. The Bertz CT molecular complexity index is 973. The SMILES string of the molecule is NC(CCSCNc1ncnc2c1ncn2C1OC(OP(=O)(O)O)C(O)C1O)C(=O)O. The van der Waals surface area contributed by atoms with Crippen molar-refractivity contribution in [2.24, 2.45) is 5.73 Å². The van der Waals surface area contributed by atoms with E-state index in [1.54, 1.807) is 0 Å². The summed E-state index contributed by atoms with van der Waals surface area (Å²) in [5.41, 5.74) is 5.98. The van der Waals surface area contributed by atoms with Crippen LogP contribution in [0.15, 0.2) is 12.7 Å². The molecule has 0 spiro atoms. The number of carboxylic acids is 1. The fourth-order valence-electron chi connectivity index (χ4n) is 2.77. The van der Waals surface area contributed by atoms with E-state index < -0.39 is 44.6 Å². The molecule has 31 heavy (non-hydrogen) atoms. The van der Waals surface area contributed by atoms with Crippen LogP contribution in [0, 0.1) is 0 Å². The molecule has 5 unspecified atom stereocenters. The number of hydrogen-bond acceptors (Lipinski definition) is 12. The van der Waals surface area contributed by atoms with Crippen molar-refractivity contribution in [3.63, 3.8) is 0 Å². The lowest BCUT2D eigenvalue weighted by Gasteiger charge is -2.16. The van der Waals surface area contributed by atoms with Gasteiger partial charge in [0.25, 0.3) is 0 Å². The number of anilines is 1. The molecule has 17 heteroatoms. The van der Waals surface area contributed by atoms with Gasteiger partial charge in [-0.1, -0.05) is 0 Å². The zero-order chi connectivity index (χ0) is 22.8. The molecule has 172 valence electrons. The highest BCUT2D eigenvalue weighted by atomic mass is 32.2. The van der Waals surface area contributed by atoms with Crippen LogP contribution in [0.2, 0.25) is 0 Å². The minimum atomic E-state index is -4.97. The number of imidazole rings is 1. The molecule has 3 heterocycles. The quantitative estimate of drug-likeness (QED) is 0.115. The van der Waals surface area contributed by atoms with Crippen molar-refractivity contribution in [1.29, 1.82) is 0 Å². The first-order valence-corrected chi connectivity index (χ1v) is 11.5. The first kappa shape index (κ1) is 23.8. The van der Waals surface area contributed by atoms with Crippen molar-refractivity contribution in [1.82, 2.24) is 19.5 Å². The summed E-state index contributed by atoms with van der Waals surface area (Å²) in [5.74, 6) is 0.177. The van der Waals surface area contributed by atoms with Crippen LogP contribution >= 0.6 is 19.6 Å². The highest BCUT2D eigenvalue weighted by molar-refractivity contribution is 7.99. The van der Waals surface area contributed by atoms with Gasteiger partial charge < -0.3 is 40.9 Å². The topological polar surface area (TPSA) is 235 Å². The van der Waals surface area contributed by atoms with Crippen LogP contribution in [0.1, 0.15) is 12.6 Å². The largest absolute Gasteiger partial charge is 0.480 e. The predicted octanol–water partition coefficient (Wildman–Crippen LogP) is -1.58. The van der Waals surface area contributed by atoms with E-state index in [0.717, 1.165) is 0 Å². The van der Waals surface area contributed by atoms with E-state index in [2.05, 4.69) is 24.8 Å². The molecule has 1 fully saturated rings. The summed E-state index contributed by atoms with van der Waals surface area (Å²) in [5, 5.41) is 32.0. The number of rotatable bonds is 10. The van der Waals surface area contributed by atoms with Gasteiger partial charge in [-0.2, -0.15) is 0 Å². The fourth-order valence-corrected chi connectivity index (χ4v) is 4.02. The average molecular weight is 480 g/mol. The lowest BCUT2D eigenvalue weighted by molar-refractivity contribution is -0.138. The molecule has 3 rings (SSSR count). The second-order valence-corrected chi connectivity index (χ2v) is 8.78. The normalized spacial score (nSPS) is 25.1. The zero-order valence-corrected chi connectivity index (χ0v) is 17.5. The molecular weight excluding hydrogens is 459 g/mol. The molecule has 15 nitrogen and oxygen atoms in total. The molecule has 1 aliphatic rings. The van der Waals surface area contributed by atoms with Crippen LogP contribution in [0.25, 0.3) is 11.2 Å². The Hall–Kier alpha value is -1.88. The van der Waals surface area contributed by atoms with Gasteiger partial charge in [0.1, 0.15) is 24.6 Å². The van der Waals surface area contributed by atoms with Crippen LogP contribution in [-0.2, 0) is 18.6 Å². The van der Waals surface area contributed by atoms with Crippen molar-refractivity contribution >= 4 is 42.5 Å². The van der Waals surface area contributed by atoms with E-state index in [9.17, 15) is 19.6 Å². The van der Waals surface area contributed by atoms with Gasteiger partial charge in [0.2, 0.25) is 0 Å². The third-order valence-corrected chi connectivity index (χ3v) is 5.66. The lowest BCUT2D eigenvalue weighted by Crippen LogP contribution is -2.32. The van der Waals surface area contributed by atoms with Crippen molar-refractivity contribution in [3.05, 3.63) is 12.7 Å². The number of aliphatic hydroxyl groups is 2. The Morgan fingerprint density at radius 1 is 1.35 bits per heavy atom. The molecule has 0 bridgehead atoms. The highest BCUT2D eigenvalue weighted by Crippen LogP contribution is 2.43. The number of phosphoric acid groups is 1. The molecule has 0 aliphatic carbocycles. The number of phosphoric ester groups is 1. The Morgan fingerprint density at radius 3 is 2.77 bits per heavy atom. The maximum absolute atomic E-state index is 11.0. The van der Waals surface area contributed by atoms with Crippen molar-refractivity contribution in [3.8, 4) is 0 Å². The third kappa shape index (κ3) is 5.68. The van der Waals surface area contributed by atoms with Crippen molar-refractivity contribution in [2.75, 3.05) is 16.9 Å². The number of hydrogen-bond donors (Lipinski definition) is 7. The average Bonchev–Trinajstić information content (AvgIpc) is 3.23. The third-order valence-electron chi connectivity index (χ3n) is 4.30. The van der Waals surface area contributed by atoms with Gasteiger partial charge in [-0.05, 0) is 12.2 Å². The zero-order valence-electron chi connectivity index (χ0n) is 15.8. The van der Waals surface area contributed by atoms with Crippen LogP contribution in [0.5, 0.6) is 0 Å². The number of nitrogens with one attached hydrogen (secondary N) is 1. The monoisotopic (exact) mass is 480 g/mol. The minimum absolute atomic E-state index is 0.225. The number of aliphatic carboxylic acids is 1. The molecule has 5 atom stereocenters. The first-order valence-electron chi connectivity index (χ1n) is 8.81. The minimum Gasteiger partial charge on any atom is -0.480 e. The number of carboxylic acid groups (broad SMARTS) is 1. The first-order chi connectivity index (χ1) is 14.6. The van der Waals surface area contributed by atoms with Gasteiger partial charge in [0, 0.05) is 0 Å². The number of nitrogens with two attached hydrogens (primary N) is 1. The molecule has 0 aromatic carbocycles. The summed E-state index contributed by atoms with van der Waals surface area (Å²) in [6, 6.07) is -0.930. The molecule has 8 N–H and O–H groups in total. The summed E-state index contributed by atoms with van der Waals surface area (Å²) in [6.45, 7) is 0. The Labute approximate surface area is 178 Å². The van der Waals surface area contributed by atoms with E-state index in [4.69, 9.17) is 25.4 Å². The van der Waals surface area contributed by atoms with Gasteiger partial charge in [-0.25, -0.2) is 19.5 Å². The summed E-state index contributed by atoms with van der Waals surface area (Å²) < 4.78 is 21.9. The molecule has 2 aromatic rings. The van der Waals surface area contributed by atoms with E-state index in [0.29, 0.717) is 29.4 Å². The Kier molecular flexibility index (Phi) is 7.46. The smallest absolute Gasteiger partial charge is 0.472 e. The van der Waals surface area contributed by atoms with Gasteiger partial charge in [0.05, 0.1) is 12.2 Å². The number of ether oxygens (including phenoxy) is 1. The predicted molar refractivity (Wildman–Crippen MR) is 106 cm³/mol. The number of nitrogens with zero attached hydrogens (tertiary/aromatic N) is 4. The van der Waals surface area contributed by atoms with E-state index >= 15 is 0 Å². The molecular formula is C14H21N6O9PS. The Morgan fingerprint density at radius 2 is 2.10 bits per heavy atom. The number of thioether (sulfide) groups is 1. The molecule has 0 saturated carbocycles. The fraction of sp³-hybridized carbons (Fsp3) is 0.571. The molecule has 1 saturated heterocycles. The lowest BCUT2D eigenvalue weighted by atomic mass is 10.2. The summed E-state index contributed by atoms with van der Waals surface area (Å²) >= 11 is 1.40. The highest BCUT2D eigenvalue weighted by Gasteiger charge is 2.47. The summed E-state index contributed by atoms with van der Waals surface area (Å²) in [6.07, 6.45) is -3.53. The maximum Gasteiger partial charge on any atom is 0.472 e.